The quantitative estimate of drug-likeness (QED) is 0.276. The molecule has 0 aliphatic rings. The Morgan fingerprint density at radius 3 is 2.00 bits per heavy atom. The maximum absolute atomic E-state index is 13.1. The van der Waals surface area contributed by atoms with E-state index in [1.54, 1.807) is 31.2 Å². The van der Waals surface area contributed by atoms with E-state index in [-0.39, 0.29) is 6.42 Å². The number of aliphatic hydroxyl groups is 1. The molecule has 7 nitrogen and oxygen atoms in total. The van der Waals surface area contributed by atoms with Crippen molar-refractivity contribution in [3.63, 3.8) is 0 Å². The van der Waals surface area contributed by atoms with Crippen molar-refractivity contribution in [3.8, 4) is 16.9 Å². The third kappa shape index (κ3) is 6.70. The second-order valence-electron chi connectivity index (χ2n) is 8.78. The summed E-state index contributed by atoms with van der Waals surface area (Å²) in [6.07, 6.45) is 0.0687. The fourth-order valence-electron chi connectivity index (χ4n) is 3.96. The normalized spacial score (nSPS) is 12.4. The van der Waals surface area contributed by atoms with Crippen LogP contribution in [0.3, 0.4) is 0 Å². The molecular weight excluding hydrogens is 470 g/mol. The Bertz CT molecular complexity index is 1170. The Morgan fingerprint density at radius 1 is 0.838 bits per heavy atom. The van der Waals surface area contributed by atoms with Gasteiger partial charge in [0, 0.05) is 19.0 Å². The number of Topliss-reactive ketones (excluding diaryl/α,β-unsaturated/α-hetero) is 2. The van der Waals surface area contributed by atoms with Crippen molar-refractivity contribution in [2.24, 2.45) is 0 Å². The van der Waals surface area contributed by atoms with Crippen LogP contribution in [0.4, 0.5) is 0 Å². The Balaban J connectivity index is 1.58. The van der Waals surface area contributed by atoms with E-state index in [1.165, 1.54) is 14.0 Å². The molecule has 3 aromatic carbocycles. The minimum atomic E-state index is -1.72. The van der Waals surface area contributed by atoms with Gasteiger partial charge in [0.1, 0.15) is 19.0 Å². The molecule has 1 N–H and O–H groups in total. The van der Waals surface area contributed by atoms with Gasteiger partial charge >= 0.3 is 0 Å². The van der Waals surface area contributed by atoms with Crippen LogP contribution in [-0.2, 0) is 20.9 Å². The molecule has 37 heavy (non-hydrogen) atoms. The first-order valence-electron chi connectivity index (χ1n) is 12.2. The summed E-state index contributed by atoms with van der Waals surface area (Å²) in [5.74, 6) is -0.884. The molecule has 0 aromatic heterocycles. The van der Waals surface area contributed by atoms with E-state index < -0.39 is 29.6 Å². The summed E-state index contributed by atoms with van der Waals surface area (Å²) >= 11 is 0. The van der Waals surface area contributed by atoms with E-state index in [4.69, 9.17) is 9.47 Å². The molecule has 3 aromatic rings. The maximum atomic E-state index is 13.1. The molecule has 1 unspecified atom stereocenters. The number of hydrogen-bond acceptors (Lipinski definition) is 6. The minimum absolute atomic E-state index is 0.0687. The number of carbonyl (C=O) groups is 3. The lowest BCUT2D eigenvalue weighted by atomic mass is 9.87. The van der Waals surface area contributed by atoms with E-state index in [1.807, 2.05) is 54.6 Å². The Labute approximate surface area is 217 Å². The predicted octanol–water partition coefficient (Wildman–Crippen LogP) is 4.32. The summed E-state index contributed by atoms with van der Waals surface area (Å²) in [7, 11) is 1.41. The molecule has 0 aliphatic carbocycles. The Morgan fingerprint density at radius 2 is 1.43 bits per heavy atom. The number of carbonyl (C=O) groups excluding carboxylic acids is 3. The fourth-order valence-corrected chi connectivity index (χ4v) is 3.96. The molecule has 1 atom stereocenters. The van der Waals surface area contributed by atoms with Gasteiger partial charge in [-0.3, -0.25) is 14.4 Å². The second-order valence-corrected chi connectivity index (χ2v) is 8.78. The molecule has 194 valence electrons. The number of rotatable bonds is 13. The van der Waals surface area contributed by atoms with Crippen LogP contribution in [0.5, 0.6) is 5.75 Å². The molecule has 0 saturated heterocycles. The predicted molar refractivity (Wildman–Crippen MR) is 141 cm³/mol. The first-order chi connectivity index (χ1) is 17.8. The minimum Gasteiger partial charge on any atom is -0.491 e. The van der Waals surface area contributed by atoms with Gasteiger partial charge in [-0.05, 0) is 47.9 Å². The number of ether oxygens (including phenoxy) is 2. The highest BCUT2D eigenvalue weighted by Crippen LogP contribution is 2.25. The van der Waals surface area contributed by atoms with Crippen LogP contribution in [0.2, 0.25) is 0 Å². The first-order valence-corrected chi connectivity index (χ1v) is 12.2. The van der Waals surface area contributed by atoms with Gasteiger partial charge in [-0.1, -0.05) is 61.5 Å². The zero-order valence-electron chi connectivity index (χ0n) is 21.5. The monoisotopic (exact) mass is 503 g/mol. The van der Waals surface area contributed by atoms with Crippen LogP contribution in [0.25, 0.3) is 11.1 Å². The van der Waals surface area contributed by atoms with Gasteiger partial charge in [0.05, 0.1) is 13.2 Å². The highest BCUT2D eigenvalue weighted by atomic mass is 16.5. The van der Waals surface area contributed by atoms with Gasteiger partial charge in [-0.2, -0.15) is 0 Å². The summed E-state index contributed by atoms with van der Waals surface area (Å²) in [4.78, 5) is 39.0. The number of ketones is 2. The molecule has 0 heterocycles. The topological polar surface area (TPSA) is 93.1 Å². The van der Waals surface area contributed by atoms with E-state index in [0.29, 0.717) is 25.4 Å². The van der Waals surface area contributed by atoms with Crippen LogP contribution in [0, 0.1) is 0 Å². The lowest BCUT2D eigenvalue weighted by Gasteiger charge is -2.35. The summed E-state index contributed by atoms with van der Waals surface area (Å²) in [6, 6.07) is 24.5. The molecule has 0 spiro atoms. The zero-order chi connectivity index (χ0) is 26.8. The standard InChI is InChI=1S/C30H33NO6/c1-4-27(33)30(2,28(34)20-32)31(3)29(35)25-12-10-23(11-13-25)24-14-16-26(17-15-24)37-19-18-36-21-22-8-6-5-7-9-22/h5-17,32H,4,18-21H2,1-3H3. The molecule has 3 rings (SSSR count). The smallest absolute Gasteiger partial charge is 0.254 e. The number of aliphatic hydroxyl groups excluding tert-OH is 1. The van der Waals surface area contributed by atoms with Gasteiger partial charge in [-0.25, -0.2) is 0 Å². The Hall–Kier alpha value is -3.81. The lowest BCUT2D eigenvalue weighted by molar-refractivity contribution is -0.141. The number of amides is 1. The number of likely N-dealkylation sites (N-methyl/N-ethyl adjacent to an activating group) is 1. The average Bonchev–Trinajstić information content (AvgIpc) is 2.95. The zero-order valence-corrected chi connectivity index (χ0v) is 21.5. The van der Waals surface area contributed by atoms with E-state index >= 15 is 0 Å². The van der Waals surface area contributed by atoms with E-state index in [2.05, 4.69) is 0 Å². The molecule has 0 aliphatic heterocycles. The number of nitrogens with zero attached hydrogens (tertiary/aromatic N) is 1. The maximum Gasteiger partial charge on any atom is 0.254 e. The van der Waals surface area contributed by atoms with Crippen LogP contribution in [-0.4, -0.2) is 59.9 Å². The van der Waals surface area contributed by atoms with Crippen molar-refractivity contribution in [2.45, 2.75) is 32.4 Å². The molecular formula is C30H33NO6. The lowest BCUT2D eigenvalue weighted by Crippen LogP contribution is -2.59. The molecule has 0 saturated carbocycles. The number of hydrogen-bond donors (Lipinski definition) is 1. The van der Waals surface area contributed by atoms with Crippen molar-refractivity contribution in [2.75, 3.05) is 26.9 Å². The molecule has 0 bridgehead atoms. The van der Waals surface area contributed by atoms with Crippen molar-refractivity contribution in [1.82, 2.24) is 4.90 Å². The van der Waals surface area contributed by atoms with Crippen molar-refractivity contribution in [3.05, 3.63) is 90.0 Å². The van der Waals surface area contributed by atoms with Gasteiger partial charge in [0.15, 0.2) is 17.1 Å². The second kappa shape index (κ2) is 12.9. The molecule has 7 heteroatoms. The van der Waals surface area contributed by atoms with Crippen LogP contribution in [0.1, 0.15) is 36.2 Å². The summed E-state index contributed by atoms with van der Waals surface area (Å²) in [6.45, 7) is 3.64. The summed E-state index contributed by atoms with van der Waals surface area (Å²) < 4.78 is 11.4. The van der Waals surface area contributed by atoms with E-state index in [9.17, 15) is 19.5 Å². The van der Waals surface area contributed by atoms with Crippen LogP contribution in [0.15, 0.2) is 78.9 Å². The van der Waals surface area contributed by atoms with Gasteiger partial charge < -0.3 is 19.5 Å². The highest BCUT2D eigenvalue weighted by molar-refractivity contribution is 6.15. The largest absolute Gasteiger partial charge is 0.491 e. The molecule has 1 amide bonds. The fraction of sp³-hybridized carbons (Fsp3) is 0.300. The van der Waals surface area contributed by atoms with Gasteiger partial charge in [0.25, 0.3) is 5.91 Å². The van der Waals surface area contributed by atoms with Gasteiger partial charge in [-0.15, -0.1) is 0 Å². The van der Waals surface area contributed by atoms with Crippen LogP contribution < -0.4 is 4.74 Å². The number of benzene rings is 3. The van der Waals surface area contributed by atoms with Crippen molar-refractivity contribution in [1.29, 1.82) is 0 Å². The van der Waals surface area contributed by atoms with E-state index in [0.717, 1.165) is 27.3 Å². The molecule has 0 fully saturated rings. The third-order valence-corrected chi connectivity index (χ3v) is 6.45. The Kier molecular flexibility index (Phi) is 9.71. The van der Waals surface area contributed by atoms with Crippen molar-refractivity contribution >= 4 is 17.5 Å². The summed E-state index contributed by atoms with van der Waals surface area (Å²) in [5, 5.41) is 9.36. The van der Waals surface area contributed by atoms with Crippen molar-refractivity contribution < 1.29 is 29.0 Å². The SMILES string of the molecule is CCC(=O)C(C)(C(=O)CO)N(C)C(=O)c1ccc(-c2ccc(OCCOCc3ccccc3)cc2)cc1. The van der Waals surface area contributed by atoms with Crippen LogP contribution >= 0.6 is 0 Å². The first kappa shape index (κ1) is 27.8. The summed E-state index contributed by atoms with van der Waals surface area (Å²) in [5.41, 5.74) is 1.58. The molecule has 0 radical (unpaired) electrons. The van der Waals surface area contributed by atoms with Gasteiger partial charge in [0.2, 0.25) is 0 Å². The highest BCUT2D eigenvalue weighted by Gasteiger charge is 2.45. The average molecular weight is 504 g/mol. The third-order valence-electron chi connectivity index (χ3n) is 6.45.